The summed E-state index contributed by atoms with van der Waals surface area (Å²) in [6, 6.07) is 7.71. The van der Waals surface area contributed by atoms with Crippen molar-refractivity contribution in [2.75, 3.05) is 16.8 Å². The lowest BCUT2D eigenvalue weighted by atomic mass is 10.1. The van der Waals surface area contributed by atoms with E-state index < -0.39 is 35.6 Å². The highest BCUT2D eigenvalue weighted by molar-refractivity contribution is 6.25. The van der Waals surface area contributed by atoms with Crippen molar-refractivity contribution in [2.24, 2.45) is 10.3 Å². The first-order valence-corrected chi connectivity index (χ1v) is 9.45. The molecule has 9 heteroatoms. The first kappa shape index (κ1) is 19.7. The standard InChI is InChI=1S/C21H20FN5O3/c1-11-5-7-15(8-13(11)3)27-20(29)18-19(21(27)30)26(25-24-18)10-17(28)23-14-6-4-12(2)16(22)9-14/h4-9,18-19H,10H2,1-3H3,(H,23,28). The third-order valence-electron chi connectivity index (χ3n) is 5.37. The van der Waals surface area contributed by atoms with Gasteiger partial charge in [0.25, 0.3) is 11.8 Å². The number of aryl methyl sites for hydroxylation is 3. The number of halogens is 1. The van der Waals surface area contributed by atoms with Crippen molar-refractivity contribution in [3.8, 4) is 0 Å². The SMILES string of the molecule is Cc1ccc(N2C(=O)C3N=NN(CC(=O)Nc4ccc(C)c(F)c4)C3C2=O)cc1C. The molecule has 1 saturated heterocycles. The van der Waals surface area contributed by atoms with Crippen molar-refractivity contribution in [3.63, 3.8) is 0 Å². The number of nitrogens with one attached hydrogen (secondary N) is 1. The van der Waals surface area contributed by atoms with Gasteiger partial charge in [-0.05, 0) is 61.7 Å². The highest BCUT2D eigenvalue weighted by atomic mass is 19.1. The zero-order valence-electron chi connectivity index (χ0n) is 16.7. The van der Waals surface area contributed by atoms with Crippen molar-refractivity contribution in [2.45, 2.75) is 32.9 Å². The zero-order chi connectivity index (χ0) is 21.6. The Morgan fingerprint density at radius 1 is 1.03 bits per heavy atom. The Bertz CT molecular complexity index is 1100. The van der Waals surface area contributed by atoms with E-state index in [9.17, 15) is 18.8 Å². The number of amides is 3. The summed E-state index contributed by atoms with van der Waals surface area (Å²) in [7, 11) is 0. The second kappa shape index (κ2) is 7.33. The molecule has 2 unspecified atom stereocenters. The fraction of sp³-hybridized carbons (Fsp3) is 0.286. The first-order chi connectivity index (χ1) is 14.3. The molecule has 0 bridgehead atoms. The van der Waals surface area contributed by atoms with Gasteiger partial charge in [0, 0.05) is 5.69 Å². The Morgan fingerprint density at radius 2 is 1.77 bits per heavy atom. The number of carbonyl (C=O) groups is 3. The maximum Gasteiger partial charge on any atom is 0.263 e. The van der Waals surface area contributed by atoms with Gasteiger partial charge >= 0.3 is 0 Å². The monoisotopic (exact) mass is 409 g/mol. The maximum atomic E-state index is 13.7. The minimum Gasteiger partial charge on any atom is -0.324 e. The van der Waals surface area contributed by atoms with E-state index in [-0.39, 0.29) is 6.54 Å². The third-order valence-corrected chi connectivity index (χ3v) is 5.37. The summed E-state index contributed by atoms with van der Waals surface area (Å²) in [5.74, 6) is -1.88. The largest absolute Gasteiger partial charge is 0.324 e. The fourth-order valence-electron chi connectivity index (χ4n) is 3.49. The number of nitrogens with zero attached hydrogens (tertiary/aromatic N) is 4. The quantitative estimate of drug-likeness (QED) is 0.786. The number of rotatable bonds is 4. The molecular weight excluding hydrogens is 389 g/mol. The molecule has 0 saturated carbocycles. The van der Waals surface area contributed by atoms with Crippen LogP contribution in [0.15, 0.2) is 46.7 Å². The summed E-state index contributed by atoms with van der Waals surface area (Å²) in [6.45, 7) is 5.17. The van der Waals surface area contributed by atoms with Gasteiger partial charge in [0.05, 0.1) is 5.69 Å². The van der Waals surface area contributed by atoms with E-state index in [1.54, 1.807) is 31.2 Å². The van der Waals surface area contributed by atoms with Gasteiger partial charge in [-0.25, -0.2) is 9.29 Å². The minimum atomic E-state index is -0.983. The van der Waals surface area contributed by atoms with Gasteiger partial charge in [0.1, 0.15) is 12.4 Å². The summed E-state index contributed by atoms with van der Waals surface area (Å²) in [6.07, 6.45) is 0. The lowest BCUT2D eigenvalue weighted by molar-refractivity contribution is -0.123. The molecule has 8 nitrogen and oxygen atoms in total. The van der Waals surface area contributed by atoms with Crippen LogP contribution in [0, 0.1) is 26.6 Å². The van der Waals surface area contributed by atoms with Crippen LogP contribution in [0.5, 0.6) is 0 Å². The Kier molecular flexibility index (Phi) is 4.81. The summed E-state index contributed by atoms with van der Waals surface area (Å²) in [5.41, 5.74) is 3.22. The predicted octanol–water partition coefficient (Wildman–Crippen LogP) is 2.68. The van der Waals surface area contributed by atoms with Crippen LogP contribution in [0.3, 0.4) is 0 Å². The van der Waals surface area contributed by atoms with Gasteiger partial charge in [-0.1, -0.05) is 17.4 Å². The van der Waals surface area contributed by atoms with Crippen molar-refractivity contribution in [3.05, 3.63) is 58.9 Å². The molecular formula is C21H20FN5O3. The van der Waals surface area contributed by atoms with Crippen LogP contribution in [-0.4, -0.2) is 41.4 Å². The van der Waals surface area contributed by atoms with Crippen molar-refractivity contribution in [1.29, 1.82) is 0 Å². The van der Waals surface area contributed by atoms with Crippen molar-refractivity contribution < 1.29 is 18.8 Å². The molecule has 0 spiro atoms. The molecule has 1 fully saturated rings. The normalized spacial score (nSPS) is 20.1. The molecule has 30 heavy (non-hydrogen) atoms. The van der Waals surface area contributed by atoms with E-state index in [4.69, 9.17) is 0 Å². The molecule has 2 aliphatic heterocycles. The molecule has 2 aromatic rings. The maximum absolute atomic E-state index is 13.7. The Labute approximate surface area is 172 Å². The summed E-state index contributed by atoms with van der Waals surface area (Å²) < 4.78 is 13.7. The van der Waals surface area contributed by atoms with E-state index in [0.29, 0.717) is 16.9 Å². The molecule has 2 atom stereocenters. The summed E-state index contributed by atoms with van der Waals surface area (Å²) in [5, 5.41) is 11.5. The second-order valence-electron chi connectivity index (χ2n) is 7.48. The zero-order valence-corrected chi connectivity index (χ0v) is 16.7. The minimum absolute atomic E-state index is 0.292. The average molecular weight is 409 g/mol. The van der Waals surface area contributed by atoms with Crippen LogP contribution < -0.4 is 10.2 Å². The molecule has 2 aromatic carbocycles. The Hall–Kier alpha value is -3.62. The molecule has 154 valence electrons. The number of carbonyl (C=O) groups excluding carboxylic acids is 3. The number of hydrogen-bond donors (Lipinski definition) is 1. The van der Waals surface area contributed by atoms with E-state index in [1.165, 1.54) is 11.1 Å². The van der Waals surface area contributed by atoms with Crippen LogP contribution in [0.25, 0.3) is 0 Å². The lowest BCUT2D eigenvalue weighted by Gasteiger charge is -2.20. The molecule has 1 N–H and O–H groups in total. The van der Waals surface area contributed by atoms with Crippen LogP contribution >= 0.6 is 0 Å². The van der Waals surface area contributed by atoms with Gasteiger partial charge in [-0.3, -0.25) is 19.4 Å². The molecule has 0 aromatic heterocycles. The smallest absolute Gasteiger partial charge is 0.263 e. The molecule has 0 radical (unpaired) electrons. The van der Waals surface area contributed by atoms with Gasteiger partial charge in [0.2, 0.25) is 5.91 Å². The van der Waals surface area contributed by atoms with Crippen molar-refractivity contribution >= 4 is 29.1 Å². The first-order valence-electron chi connectivity index (χ1n) is 9.45. The Morgan fingerprint density at radius 3 is 2.47 bits per heavy atom. The number of hydrogen-bond acceptors (Lipinski definition) is 6. The van der Waals surface area contributed by atoms with Crippen LogP contribution in [0.1, 0.15) is 16.7 Å². The lowest BCUT2D eigenvalue weighted by Crippen LogP contribution is -2.43. The molecule has 2 heterocycles. The highest BCUT2D eigenvalue weighted by Gasteiger charge is 2.55. The summed E-state index contributed by atoms with van der Waals surface area (Å²) >= 11 is 0. The molecule has 2 aliphatic rings. The predicted molar refractivity (Wildman–Crippen MR) is 107 cm³/mol. The molecule has 4 rings (SSSR count). The van der Waals surface area contributed by atoms with Gasteiger partial charge < -0.3 is 5.32 Å². The number of imide groups is 1. The molecule has 0 aliphatic carbocycles. The van der Waals surface area contributed by atoms with E-state index in [2.05, 4.69) is 15.7 Å². The fourth-order valence-corrected chi connectivity index (χ4v) is 3.49. The summed E-state index contributed by atoms with van der Waals surface area (Å²) in [4.78, 5) is 39.2. The van der Waals surface area contributed by atoms with E-state index in [1.807, 2.05) is 19.9 Å². The second-order valence-corrected chi connectivity index (χ2v) is 7.48. The van der Waals surface area contributed by atoms with Crippen LogP contribution in [0.4, 0.5) is 15.8 Å². The van der Waals surface area contributed by atoms with E-state index >= 15 is 0 Å². The average Bonchev–Trinajstić information content (AvgIpc) is 3.21. The topological polar surface area (TPSA) is 94.4 Å². The Balaban J connectivity index is 1.49. The van der Waals surface area contributed by atoms with Crippen LogP contribution in [0.2, 0.25) is 0 Å². The van der Waals surface area contributed by atoms with Gasteiger partial charge in [0.15, 0.2) is 12.1 Å². The van der Waals surface area contributed by atoms with E-state index in [0.717, 1.165) is 16.0 Å². The van der Waals surface area contributed by atoms with Crippen LogP contribution in [-0.2, 0) is 14.4 Å². The number of benzene rings is 2. The number of fused-ring (bicyclic) bond motifs is 1. The highest BCUT2D eigenvalue weighted by Crippen LogP contribution is 2.32. The molecule has 3 amide bonds. The van der Waals surface area contributed by atoms with Crippen molar-refractivity contribution in [1.82, 2.24) is 5.01 Å². The van der Waals surface area contributed by atoms with Gasteiger partial charge in [-0.15, -0.1) is 0 Å². The third kappa shape index (κ3) is 3.32. The number of anilines is 2. The van der Waals surface area contributed by atoms with Gasteiger partial charge in [-0.2, -0.15) is 5.11 Å².